The lowest BCUT2D eigenvalue weighted by Gasteiger charge is -2.02. The van der Waals surface area contributed by atoms with Crippen molar-refractivity contribution in [3.05, 3.63) is 88.8 Å². The van der Waals surface area contributed by atoms with E-state index in [2.05, 4.69) is 46.2 Å². The van der Waals surface area contributed by atoms with Gasteiger partial charge in [-0.3, -0.25) is 0 Å². The van der Waals surface area contributed by atoms with Gasteiger partial charge in [-0.2, -0.15) is 0 Å². The molecule has 2 aromatic carbocycles. The Morgan fingerprint density at radius 2 is 1.84 bits per heavy atom. The molecule has 0 N–H and O–H groups in total. The summed E-state index contributed by atoms with van der Waals surface area (Å²) in [5, 5.41) is 2.08. The lowest BCUT2D eigenvalue weighted by molar-refractivity contribution is 0.0600. The topological polar surface area (TPSA) is 26.3 Å². The molecular weight excluding hydrogens is 328 g/mol. The molecule has 122 valence electrons. The van der Waals surface area contributed by atoms with Gasteiger partial charge in [0.25, 0.3) is 0 Å². The van der Waals surface area contributed by atoms with Crippen LogP contribution in [0.5, 0.6) is 0 Å². The number of carbonyl (C=O) groups is 1. The van der Waals surface area contributed by atoms with Crippen molar-refractivity contribution < 1.29 is 9.53 Å². The van der Waals surface area contributed by atoms with E-state index in [0.717, 1.165) is 11.1 Å². The van der Waals surface area contributed by atoms with E-state index >= 15 is 0 Å². The molecule has 0 amide bonds. The number of methoxy groups -OCH3 is 1. The maximum absolute atomic E-state index is 11.4. The van der Waals surface area contributed by atoms with Gasteiger partial charge in [-0.1, -0.05) is 42.2 Å². The number of hydrogen-bond acceptors (Lipinski definition) is 3. The summed E-state index contributed by atoms with van der Waals surface area (Å²) in [7, 11) is 1.37. The molecule has 2 nitrogen and oxygen atoms in total. The Bertz CT molecular complexity index is 940. The summed E-state index contributed by atoms with van der Waals surface area (Å²) in [5.41, 5.74) is 3.72. The van der Waals surface area contributed by atoms with Crippen molar-refractivity contribution >= 4 is 23.4 Å². The Hall–Kier alpha value is -3.09. The minimum Gasteiger partial charge on any atom is -0.465 e. The molecule has 0 spiro atoms. The summed E-state index contributed by atoms with van der Waals surface area (Å²) in [4.78, 5) is 12.6. The first kappa shape index (κ1) is 16.8. The summed E-state index contributed by atoms with van der Waals surface area (Å²) >= 11 is 1.72. The molecule has 1 aromatic heterocycles. The third-order valence-corrected chi connectivity index (χ3v) is 4.52. The smallest absolute Gasteiger partial charge is 0.337 e. The van der Waals surface area contributed by atoms with Gasteiger partial charge < -0.3 is 4.74 Å². The molecular formula is C22H16O2S. The van der Waals surface area contributed by atoms with Gasteiger partial charge >= 0.3 is 5.97 Å². The first-order valence-corrected chi connectivity index (χ1v) is 8.65. The van der Waals surface area contributed by atoms with Crippen LogP contribution < -0.4 is 0 Å². The van der Waals surface area contributed by atoms with Crippen LogP contribution in [0.15, 0.2) is 72.1 Å². The fourth-order valence-electron chi connectivity index (χ4n) is 2.36. The van der Waals surface area contributed by atoms with Crippen LogP contribution in [0.3, 0.4) is 0 Å². The number of thiophene rings is 1. The average Bonchev–Trinajstić information content (AvgIpc) is 3.20. The number of rotatable bonds is 3. The highest BCUT2D eigenvalue weighted by atomic mass is 32.1. The minimum atomic E-state index is -0.343. The average molecular weight is 344 g/mol. The second-order valence-electron chi connectivity index (χ2n) is 5.24. The molecule has 0 saturated carbocycles. The molecule has 3 heteroatoms. The Morgan fingerprint density at radius 1 is 1.04 bits per heavy atom. The first-order chi connectivity index (χ1) is 12.3. The van der Waals surface area contributed by atoms with Gasteiger partial charge in [-0.25, -0.2) is 4.79 Å². The molecule has 0 aliphatic heterocycles. The third-order valence-electron chi connectivity index (χ3n) is 3.62. The fourth-order valence-corrected chi connectivity index (χ4v) is 3.14. The molecule has 0 atom stereocenters. The SMILES string of the molecule is COC(=O)c1ccc(C#CC=Cc2ccccc2-c2cccs2)cc1. The van der Waals surface area contributed by atoms with Crippen LogP contribution in [0.1, 0.15) is 21.5 Å². The minimum absolute atomic E-state index is 0.343. The zero-order chi connectivity index (χ0) is 17.5. The van der Waals surface area contributed by atoms with Crippen molar-refractivity contribution in [1.29, 1.82) is 0 Å². The lowest BCUT2D eigenvalue weighted by Crippen LogP contribution is -2.00. The van der Waals surface area contributed by atoms with E-state index in [9.17, 15) is 4.79 Å². The number of hydrogen-bond donors (Lipinski definition) is 0. The molecule has 25 heavy (non-hydrogen) atoms. The van der Waals surface area contributed by atoms with Crippen LogP contribution in [0.4, 0.5) is 0 Å². The molecule has 3 aromatic rings. The molecule has 0 unspecified atom stereocenters. The standard InChI is InChI=1S/C22H16O2S/c1-24-22(23)19-14-12-17(13-15-19)7-2-3-8-18-9-4-5-10-20(18)21-11-6-16-25-21/h3-6,8-16H,1H3. The highest BCUT2D eigenvalue weighted by molar-refractivity contribution is 7.13. The highest BCUT2D eigenvalue weighted by Crippen LogP contribution is 2.28. The van der Waals surface area contributed by atoms with Crippen LogP contribution in [0.2, 0.25) is 0 Å². The second kappa shape index (κ2) is 8.14. The molecule has 0 radical (unpaired) electrons. The van der Waals surface area contributed by atoms with Crippen molar-refractivity contribution in [2.24, 2.45) is 0 Å². The van der Waals surface area contributed by atoms with Crippen LogP contribution in [-0.2, 0) is 4.74 Å². The van der Waals surface area contributed by atoms with Crippen molar-refractivity contribution in [2.45, 2.75) is 0 Å². The van der Waals surface area contributed by atoms with E-state index in [-0.39, 0.29) is 5.97 Å². The van der Waals surface area contributed by atoms with Gasteiger partial charge in [-0.05, 0) is 59.0 Å². The predicted octanol–water partition coefficient (Wildman–Crippen LogP) is 5.27. The molecule has 0 bridgehead atoms. The number of ether oxygens (including phenoxy) is 1. The zero-order valence-corrected chi connectivity index (χ0v) is 14.5. The first-order valence-electron chi connectivity index (χ1n) is 7.77. The highest BCUT2D eigenvalue weighted by Gasteiger charge is 2.03. The van der Waals surface area contributed by atoms with Crippen LogP contribution in [0.25, 0.3) is 16.5 Å². The van der Waals surface area contributed by atoms with Crippen molar-refractivity contribution in [3.63, 3.8) is 0 Å². The predicted molar refractivity (Wildman–Crippen MR) is 103 cm³/mol. The number of esters is 1. The van der Waals surface area contributed by atoms with Crippen LogP contribution in [-0.4, -0.2) is 13.1 Å². The van der Waals surface area contributed by atoms with E-state index in [1.165, 1.54) is 17.6 Å². The maximum Gasteiger partial charge on any atom is 0.337 e. The van der Waals surface area contributed by atoms with E-state index in [4.69, 9.17) is 0 Å². The Labute approximate surface area is 151 Å². The fraction of sp³-hybridized carbons (Fsp3) is 0.0455. The van der Waals surface area contributed by atoms with Gasteiger partial charge in [-0.15, -0.1) is 11.3 Å². The maximum atomic E-state index is 11.4. The summed E-state index contributed by atoms with van der Waals surface area (Å²) in [6.45, 7) is 0. The number of carbonyl (C=O) groups excluding carboxylic acids is 1. The second-order valence-corrected chi connectivity index (χ2v) is 6.18. The monoisotopic (exact) mass is 344 g/mol. The molecule has 0 aliphatic carbocycles. The molecule has 1 heterocycles. The molecule has 3 rings (SSSR count). The van der Waals surface area contributed by atoms with E-state index in [1.807, 2.05) is 36.4 Å². The van der Waals surface area contributed by atoms with Gasteiger partial charge in [0.15, 0.2) is 0 Å². The van der Waals surface area contributed by atoms with E-state index in [0.29, 0.717) is 5.56 Å². The summed E-state index contributed by atoms with van der Waals surface area (Å²) in [6.07, 6.45) is 3.87. The lowest BCUT2D eigenvalue weighted by atomic mass is 10.1. The van der Waals surface area contributed by atoms with Gasteiger partial charge in [0.2, 0.25) is 0 Å². The van der Waals surface area contributed by atoms with Crippen LogP contribution >= 0.6 is 11.3 Å². The summed E-state index contributed by atoms with van der Waals surface area (Å²) < 4.78 is 4.68. The summed E-state index contributed by atoms with van der Waals surface area (Å²) in [5.74, 6) is 5.77. The molecule has 0 aliphatic rings. The van der Waals surface area contributed by atoms with Crippen molar-refractivity contribution in [3.8, 4) is 22.3 Å². The van der Waals surface area contributed by atoms with Gasteiger partial charge in [0.05, 0.1) is 12.7 Å². The number of benzene rings is 2. The van der Waals surface area contributed by atoms with Gasteiger partial charge in [0, 0.05) is 10.4 Å². The van der Waals surface area contributed by atoms with Crippen molar-refractivity contribution in [2.75, 3.05) is 7.11 Å². The molecule has 0 saturated heterocycles. The third kappa shape index (κ3) is 4.26. The Kier molecular flexibility index (Phi) is 5.46. The van der Waals surface area contributed by atoms with E-state index in [1.54, 1.807) is 23.5 Å². The Balaban J connectivity index is 1.75. The van der Waals surface area contributed by atoms with Crippen LogP contribution in [0, 0.1) is 11.8 Å². The van der Waals surface area contributed by atoms with E-state index < -0.39 is 0 Å². The normalized spacial score (nSPS) is 10.3. The summed E-state index contributed by atoms with van der Waals surface area (Å²) in [6, 6.07) is 19.5. The Morgan fingerprint density at radius 3 is 2.56 bits per heavy atom. The number of allylic oxidation sites excluding steroid dienone is 1. The van der Waals surface area contributed by atoms with Crippen molar-refractivity contribution in [1.82, 2.24) is 0 Å². The molecule has 0 fully saturated rings. The van der Waals surface area contributed by atoms with Gasteiger partial charge in [0.1, 0.15) is 0 Å². The largest absolute Gasteiger partial charge is 0.465 e. The quantitative estimate of drug-likeness (QED) is 0.478. The zero-order valence-electron chi connectivity index (χ0n) is 13.7.